The van der Waals surface area contributed by atoms with E-state index in [0.717, 1.165) is 5.82 Å². The summed E-state index contributed by atoms with van der Waals surface area (Å²) in [6, 6.07) is 7.73. The SMILES string of the molecule is COc1ccc(S(=O)(=O)Nc2ccc(-n3ccnc3C)nc2)cc1OC. The standard InChI is InChI=1S/C17H18N4O4S/c1-12-18-8-9-21(12)17-7-4-13(11-19-17)20-26(22,23)14-5-6-15(24-2)16(10-14)25-3/h4-11,20H,1-3H3. The number of hydrogen-bond donors (Lipinski definition) is 1. The third-order valence-corrected chi connectivity index (χ3v) is 5.12. The molecule has 0 bridgehead atoms. The molecule has 0 unspecified atom stereocenters. The number of benzene rings is 1. The molecule has 0 aliphatic rings. The molecule has 0 atom stereocenters. The lowest BCUT2D eigenvalue weighted by Gasteiger charge is -2.12. The predicted molar refractivity (Wildman–Crippen MR) is 96.5 cm³/mol. The van der Waals surface area contributed by atoms with Crippen molar-refractivity contribution < 1.29 is 17.9 Å². The molecule has 0 saturated heterocycles. The number of anilines is 1. The highest BCUT2D eigenvalue weighted by atomic mass is 32.2. The number of aryl methyl sites for hydroxylation is 1. The van der Waals surface area contributed by atoms with Gasteiger partial charge in [0.05, 0.1) is 31.0 Å². The van der Waals surface area contributed by atoms with Gasteiger partial charge < -0.3 is 9.47 Å². The number of methoxy groups -OCH3 is 2. The van der Waals surface area contributed by atoms with Crippen LogP contribution in [0.2, 0.25) is 0 Å². The number of aromatic nitrogens is 3. The van der Waals surface area contributed by atoms with E-state index in [0.29, 0.717) is 23.0 Å². The van der Waals surface area contributed by atoms with Crippen LogP contribution in [0.25, 0.3) is 5.82 Å². The molecule has 0 spiro atoms. The molecule has 0 radical (unpaired) electrons. The molecule has 9 heteroatoms. The zero-order valence-electron chi connectivity index (χ0n) is 14.5. The fraction of sp³-hybridized carbons (Fsp3) is 0.176. The smallest absolute Gasteiger partial charge is 0.262 e. The van der Waals surface area contributed by atoms with Gasteiger partial charge >= 0.3 is 0 Å². The van der Waals surface area contributed by atoms with Gasteiger partial charge in [-0.05, 0) is 31.2 Å². The summed E-state index contributed by atoms with van der Waals surface area (Å²) in [5, 5.41) is 0. The molecule has 1 aromatic carbocycles. The normalized spacial score (nSPS) is 11.2. The van der Waals surface area contributed by atoms with E-state index < -0.39 is 10.0 Å². The molecule has 2 aromatic heterocycles. The fourth-order valence-corrected chi connectivity index (χ4v) is 3.47. The number of nitrogens with zero attached hydrogens (tertiary/aromatic N) is 3. The molecule has 0 amide bonds. The highest BCUT2D eigenvalue weighted by Gasteiger charge is 2.17. The predicted octanol–water partition coefficient (Wildman–Crippen LogP) is 2.39. The number of rotatable bonds is 6. The second-order valence-corrected chi connectivity index (χ2v) is 7.05. The Morgan fingerprint density at radius 2 is 1.81 bits per heavy atom. The molecule has 0 aliphatic heterocycles. The van der Waals surface area contributed by atoms with Gasteiger partial charge in [0.25, 0.3) is 10.0 Å². The van der Waals surface area contributed by atoms with Gasteiger partial charge in [-0.2, -0.15) is 0 Å². The van der Waals surface area contributed by atoms with Crippen molar-refractivity contribution in [2.24, 2.45) is 0 Å². The summed E-state index contributed by atoms with van der Waals surface area (Å²) in [5.41, 5.74) is 0.348. The van der Waals surface area contributed by atoms with E-state index in [-0.39, 0.29) is 4.90 Å². The van der Waals surface area contributed by atoms with Gasteiger partial charge in [-0.1, -0.05) is 0 Å². The van der Waals surface area contributed by atoms with Crippen LogP contribution >= 0.6 is 0 Å². The first kappa shape index (κ1) is 17.7. The number of hydrogen-bond acceptors (Lipinski definition) is 6. The highest BCUT2D eigenvalue weighted by molar-refractivity contribution is 7.92. The van der Waals surface area contributed by atoms with Crippen LogP contribution in [0.5, 0.6) is 11.5 Å². The summed E-state index contributed by atoms with van der Waals surface area (Å²) in [4.78, 5) is 8.47. The molecule has 8 nitrogen and oxygen atoms in total. The minimum Gasteiger partial charge on any atom is -0.493 e. The van der Waals surface area contributed by atoms with Crippen molar-refractivity contribution in [2.45, 2.75) is 11.8 Å². The number of sulfonamides is 1. The lowest BCUT2D eigenvalue weighted by Crippen LogP contribution is -2.13. The lowest BCUT2D eigenvalue weighted by molar-refractivity contribution is 0.354. The van der Waals surface area contributed by atoms with E-state index in [9.17, 15) is 8.42 Å². The van der Waals surface area contributed by atoms with Crippen LogP contribution in [0, 0.1) is 6.92 Å². The minimum absolute atomic E-state index is 0.0599. The fourth-order valence-electron chi connectivity index (χ4n) is 2.41. The largest absolute Gasteiger partial charge is 0.493 e. The van der Waals surface area contributed by atoms with E-state index in [4.69, 9.17) is 9.47 Å². The average Bonchev–Trinajstić information content (AvgIpc) is 3.07. The van der Waals surface area contributed by atoms with Crippen LogP contribution in [0.1, 0.15) is 5.82 Å². The average molecular weight is 374 g/mol. The topological polar surface area (TPSA) is 95.3 Å². The zero-order valence-corrected chi connectivity index (χ0v) is 15.3. The van der Waals surface area contributed by atoms with Crippen LogP contribution in [0.4, 0.5) is 5.69 Å². The lowest BCUT2D eigenvalue weighted by atomic mass is 10.3. The Morgan fingerprint density at radius 3 is 2.38 bits per heavy atom. The van der Waals surface area contributed by atoms with Crippen LogP contribution in [-0.2, 0) is 10.0 Å². The highest BCUT2D eigenvalue weighted by Crippen LogP contribution is 2.30. The molecule has 0 saturated carbocycles. The first-order valence-corrected chi connectivity index (χ1v) is 9.14. The quantitative estimate of drug-likeness (QED) is 0.712. The summed E-state index contributed by atoms with van der Waals surface area (Å²) in [7, 11) is -0.858. The van der Waals surface area contributed by atoms with Crippen LogP contribution < -0.4 is 14.2 Å². The monoisotopic (exact) mass is 374 g/mol. The number of pyridine rings is 1. The summed E-state index contributed by atoms with van der Waals surface area (Å²) < 4.78 is 39.7. The summed E-state index contributed by atoms with van der Waals surface area (Å²) >= 11 is 0. The second-order valence-electron chi connectivity index (χ2n) is 5.37. The molecule has 3 aromatic rings. The Labute approximate surface area is 151 Å². The van der Waals surface area contributed by atoms with E-state index in [2.05, 4.69) is 14.7 Å². The van der Waals surface area contributed by atoms with Crippen molar-refractivity contribution in [1.82, 2.24) is 14.5 Å². The molecular weight excluding hydrogens is 356 g/mol. The van der Waals surface area contributed by atoms with Crippen LogP contribution in [-0.4, -0.2) is 37.2 Å². The maximum absolute atomic E-state index is 12.6. The van der Waals surface area contributed by atoms with Crippen molar-refractivity contribution in [3.63, 3.8) is 0 Å². The summed E-state index contributed by atoms with van der Waals surface area (Å²) in [6.07, 6.45) is 4.91. The van der Waals surface area contributed by atoms with Gasteiger partial charge in [0, 0.05) is 18.5 Å². The van der Waals surface area contributed by atoms with E-state index in [1.54, 1.807) is 29.1 Å². The Balaban J connectivity index is 1.85. The van der Waals surface area contributed by atoms with Crippen LogP contribution in [0.15, 0.2) is 53.8 Å². The third-order valence-electron chi connectivity index (χ3n) is 3.74. The molecule has 136 valence electrons. The van der Waals surface area contributed by atoms with Crippen molar-refractivity contribution in [1.29, 1.82) is 0 Å². The molecule has 0 aliphatic carbocycles. The second kappa shape index (κ2) is 7.04. The maximum Gasteiger partial charge on any atom is 0.262 e. The maximum atomic E-state index is 12.6. The Kier molecular flexibility index (Phi) is 4.81. The van der Waals surface area contributed by atoms with Crippen molar-refractivity contribution in [3.8, 4) is 17.3 Å². The Hall–Kier alpha value is -3.07. The van der Waals surface area contributed by atoms with Gasteiger partial charge in [0.1, 0.15) is 11.6 Å². The van der Waals surface area contributed by atoms with Gasteiger partial charge in [0.2, 0.25) is 0 Å². The molecule has 2 heterocycles. The van der Waals surface area contributed by atoms with Crippen molar-refractivity contribution >= 4 is 15.7 Å². The van der Waals surface area contributed by atoms with Gasteiger partial charge in [-0.3, -0.25) is 9.29 Å². The third kappa shape index (κ3) is 3.47. The van der Waals surface area contributed by atoms with Gasteiger partial charge in [-0.25, -0.2) is 18.4 Å². The minimum atomic E-state index is -3.79. The molecule has 26 heavy (non-hydrogen) atoms. The summed E-state index contributed by atoms with van der Waals surface area (Å²) in [6.45, 7) is 1.86. The Morgan fingerprint density at radius 1 is 1.04 bits per heavy atom. The van der Waals surface area contributed by atoms with Gasteiger partial charge in [0.15, 0.2) is 11.5 Å². The first-order chi connectivity index (χ1) is 12.4. The van der Waals surface area contributed by atoms with E-state index in [1.165, 1.54) is 38.6 Å². The molecule has 3 rings (SSSR count). The zero-order chi connectivity index (χ0) is 18.7. The van der Waals surface area contributed by atoms with E-state index in [1.807, 2.05) is 6.92 Å². The van der Waals surface area contributed by atoms with Crippen molar-refractivity contribution in [3.05, 3.63) is 54.7 Å². The summed E-state index contributed by atoms with van der Waals surface area (Å²) in [5.74, 6) is 2.22. The Bertz CT molecular complexity index is 1010. The number of ether oxygens (including phenoxy) is 2. The van der Waals surface area contributed by atoms with Crippen LogP contribution in [0.3, 0.4) is 0 Å². The first-order valence-electron chi connectivity index (χ1n) is 7.66. The van der Waals surface area contributed by atoms with E-state index >= 15 is 0 Å². The van der Waals surface area contributed by atoms with Crippen molar-refractivity contribution in [2.75, 3.05) is 18.9 Å². The number of imidazole rings is 1. The van der Waals surface area contributed by atoms with Gasteiger partial charge in [-0.15, -0.1) is 0 Å². The molecular formula is C17H18N4O4S. The molecule has 0 fully saturated rings. The molecule has 1 N–H and O–H groups in total. The number of nitrogens with one attached hydrogen (secondary N) is 1.